The molecule has 0 bridgehead atoms. The number of benzene rings is 1. The van der Waals surface area contributed by atoms with Crippen molar-refractivity contribution in [3.8, 4) is 0 Å². The van der Waals surface area contributed by atoms with Gasteiger partial charge < -0.3 is 0 Å². The normalized spacial score (nSPS) is 22.0. The van der Waals surface area contributed by atoms with Gasteiger partial charge in [-0.25, -0.2) is 0 Å². The van der Waals surface area contributed by atoms with E-state index in [0.29, 0.717) is 5.41 Å². The molecular formula is C18H26. The zero-order valence-corrected chi connectivity index (χ0v) is 11.9. The van der Waals surface area contributed by atoms with Gasteiger partial charge in [0.05, 0.1) is 0 Å². The van der Waals surface area contributed by atoms with Gasteiger partial charge in [-0.2, -0.15) is 0 Å². The van der Waals surface area contributed by atoms with Crippen LogP contribution >= 0.6 is 0 Å². The van der Waals surface area contributed by atoms with E-state index in [1.165, 1.54) is 44.1 Å². The number of rotatable bonds is 5. The van der Waals surface area contributed by atoms with E-state index in [9.17, 15) is 0 Å². The van der Waals surface area contributed by atoms with E-state index in [-0.39, 0.29) is 0 Å². The Morgan fingerprint density at radius 3 is 2.33 bits per heavy atom. The van der Waals surface area contributed by atoms with Crippen molar-refractivity contribution in [2.75, 3.05) is 0 Å². The standard InChI is InChI=1S/C18H26/c1-3-12-18(13-4-2)14-8-11-17(15-18)16-9-6-5-7-10-16/h5-10,14,17H,3-4,11-13,15H2,1-2H3. The van der Waals surface area contributed by atoms with E-state index in [0.717, 1.165) is 5.92 Å². The molecule has 0 nitrogen and oxygen atoms in total. The van der Waals surface area contributed by atoms with E-state index in [1.807, 2.05) is 0 Å². The summed E-state index contributed by atoms with van der Waals surface area (Å²) in [5.74, 6) is 0.731. The summed E-state index contributed by atoms with van der Waals surface area (Å²) >= 11 is 0. The van der Waals surface area contributed by atoms with E-state index in [2.05, 4.69) is 56.3 Å². The van der Waals surface area contributed by atoms with Gasteiger partial charge in [-0.05, 0) is 42.6 Å². The van der Waals surface area contributed by atoms with Crippen molar-refractivity contribution >= 4 is 0 Å². The Morgan fingerprint density at radius 1 is 1.06 bits per heavy atom. The van der Waals surface area contributed by atoms with E-state index < -0.39 is 0 Å². The van der Waals surface area contributed by atoms with Gasteiger partial charge >= 0.3 is 0 Å². The molecule has 0 heterocycles. The molecule has 1 unspecified atom stereocenters. The van der Waals surface area contributed by atoms with Gasteiger partial charge in [0.1, 0.15) is 0 Å². The minimum atomic E-state index is 0.474. The van der Waals surface area contributed by atoms with Crippen molar-refractivity contribution in [1.29, 1.82) is 0 Å². The lowest BCUT2D eigenvalue weighted by atomic mass is 9.67. The molecule has 0 amide bonds. The Balaban J connectivity index is 2.16. The summed E-state index contributed by atoms with van der Waals surface area (Å²) in [5.41, 5.74) is 2.00. The van der Waals surface area contributed by atoms with Crippen LogP contribution in [0.4, 0.5) is 0 Å². The monoisotopic (exact) mass is 242 g/mol. The quantitative estimate of drug-likeness (QED) is 0.580. The Bertz CT molecular complexity index is 368. The smallest absolute Gasteiger partial charge is 0.0112 e. The molecule has 1 aliphatic carbocycles. The second kappa shape index (κ2) is 6.22. The Kier molecular flexibility index (Phi) is 4.63. The molecule has 0 aliphatic heterocycles. The molecule has 0 spiro atoms. The summed E-state index contributed by atoms with van der Waals surface area (Å²) in [6, 6.07) is 11.1. The second-order valence-corrected chi connectivity index (χ2v) is 5.81. The zero-order valence-electron chi connectivity index (χ0n) is 11.9. The van der Waals surface area contributed by atoms with Crippen LogP contribution in [0.2, 0.25) is 0 Å². The molecule has 1 aliphatic rings. The summed E-state index contributed by atoms with van der Waals surface area (Å²) in [7, 11) is 0. The predicted octanol–water partition coefficient (Wildman–Crippen LogP) is 5.71. The zero-order chi connectivity index (χ0) is 12.8. The fourth-order valence-corrected chi connectivity index (χ4v) is 3.60. The highest BCUT2D eigenvalue weighted by atomic mass is 14.4. The number of allylic oxidation sites excluding steroid dienone is 2. The van der Waals surface area contributed by atoms with Crippen molar-refractivity contribution in [2.45, 2.75) is 58.3 Å². The van der Waals surface area contributed by atoms with Crippen LogP contribution in [0.3, 0.4) is 0 Å². The van der Waals surface area contributed by atoms with Gasteiger partial charge in [0.15, 0.2) is 0 Å². The largest absolute Gasteiger partial charge is 0.0874 e. The molecule has 1 aromatic rings. The lowest BCUT2D eigenvalue weighted by Gasteiger charge is -2.37. The van der Waals surface area contributed by atoms with Crippen LogP contribution in [0, 0.1) is 5.41 Å². The van der Waals surface area contributed by atoms with Crippen LogP contribution in [0.1, 0.15) is 63.9 Å². The molecule has 2 rings (SSSR count). The highest BCUT2D eigenvalue weighted by Crippen LogP contribution is 2.45. The number of hydrogen-bond donors (Lipinski definition) is 0. The van der Waals surface area contributed by atoms with Crippen molar-refractivity contribution in [3.05, 3.63) is 48.0 Å². The maximum absolute atomic E-state index is 2.53. The SMILES string of the molecule is CCCC1(CCC)C=CCC(c2ccccc2)C1. The van der Waals surface area contributed by atoms with Gasteiger partial charge in [0, 0.05) is 0 Å². The van der Waals surface area contributed by atoms with E-state index in [1.54, 1.807) is 0 Å². The first-order valence-corrected chi connectivity index (χ1v) is 7.52. The number of hydrogen-bond acceptors (Lipinski definition) is 0. The highest BCUT2D eigenvalue weighted by molar-refractivity contribution is 5.23. The van der Waals surface area contributed by atoms with Gasteiger partial charge in [-0.3, -0.25) is 0 Å². The summed E-state index contributed by atoms with van der Waals surface area (Å²) in [5, 5.41) is 0. The first-order chi connectivity index (χ1) is 8.79. The van der Waals surface area contributed by atoms with Gasteiger partial charge in [-0.1, -0.05) is 69.2 Å². The molecule has 1 atom stereocenters. The molecule has 1 aromatic carbocycles. The Hall–Kier alpha value is -1.04. The Labute approximate surface area is 112 Å². The topological polar surface area (TPSA) is 0 Å². The molecule has 0 fully saturated rings. The maximum atomic E-state index is 2.53. The van der Waals surface area contributed by atoms with E-state index >= 15 is 0 Å². The summed E-state index contributed by atoms with van der Waals surface area (Å²) < 4.78 is 0. The van der Waals surface area contributed by atoms with Gasteiger partial charge in [-0.15, -0.1) is 0 Å². The summed E-state index contributed by atoms with van der Waals surface area (Å²) in [6.45, 7) is 4.63. The van der Waals surface area contributed by atoms with Crippen LogP contribution in [0.15, 0.2) is 42.5 Å². The molecule has 0 aromatic heterocycles. The van der Waals surface area contributed by atoms with Crippen molar-refractivity contribution in [1.82, 2.24) is 0 Å². The lowest BCUT2D eigenvalue weighted by Crippen LogP contribution is -2.24. The van der Waals surface area contributed by atoms with Gasteiger partial charge in [0.25, 0.3) is 0 Å². The first-order valence-electron chi connectivity index (χ1n) is 7.52. The average molecular weight is 242 g/mol. The fourth-order valence-electron chi connectivity index (χ4n) is 3.60. The van der Waals surface area contributed by atoms with Crippen molar-refractivity contribution in [2.24, 2.45) is 5.41 Å². The third kappa shape index (κ3) is 3.04. The summed E-state index contributed by atoms with van der Waals surface area (Å²) in [4.78, 5) is 0. The van der Waals surface area contributed by atoms with Crippen LogP contribution in [-0.4, -0.2) is 0 Å². The Morgan fingerprint density at radius 2 is 1.72 bits per heavy atom. The molecule has 0 N–H and O–H groups in total. The van der Waals surface area contributed by atoms with Crippen molar-refractivity contribution in [3.63, 3.8) is 0 Å². The highest BCUT2D eigenvalue weighted by Gasteiger charge is 2.31. The van der Waals surface area contributed by atoms with Crippen LogP contribution < -0.4 is 0 Å². The summed E-state index contributed by atoms with van der Waals surface area (Å²) in [6.07, 6.45) is 12.8. The minimum absolute atomic E-state index is 0.474. The molecule has 98 valence electrons. The molecule has 0 saturated heterocycles. The van der Waals surface area contributed by atoms with Crippen LogP contribution in [0.25, 0.3) is 0 Å². The van der Waals surface area contributed by atoms with Gasteiger partial charge in [0.2, 0.25) is 0 Å². The fraction of sp³-hybridized carbons (Fsp3) is 0.556. The van der Waals surface area contributed by atoms with Crippen LogP contribution in [0.5, 0.6) is 0 Å². The van der Waals surface area contributed by atoms with Crippen molar-refractivity contribution < 1.29 is 0 Å². The lowest BCUT2D eigenvalue weighted by molar-refractivity contribution is 0.255. The molecule has 0 heteroatoms. The second-order valence-electron chi connectivity index (χ2n) is 5.81. The third-order valence-electron chi connectivity index (χ3n) is 4.31. The predicted molar refractivity (Wildman–Crippen MR) is 79.8 cm³/mol. The molecule has 18 heavy (non-hydrogen) atoms. The minimum Gasteiger partial charge on any atom is -0.0874 e. The van der Waals surface area contributed by atoms with Crippen LogP contribution in [-0.2, 0) is 0 Å². The maximum Gasteiger partial charge on any atom is -0.0112 e. The molecule has 0 saturated carbocycles. The first kappa shape index (κ1) is 13.4. The third-order valence-corrected chi connectivity index (χ3v) is 4.31. The molecule has 0 radical (unpaired) electrons. The molecular weight excluding hydrogens is 216 g/mol. The van der Waals surface area contributed by atoms with E-state index in [4.69, 9.17) is 0 Å². The average Bonchev–Trinajstić information content (AvgIpc) is 2.40.